The van der Waals surface area contributed by atoms with Crippen LogP contribution in [-0.2, 0) is 4.79 Å². The van der Waals surface area contributed by atoms with E-state index in [0.717, 1.165) is 11.1 Å². The van der Waals surface area contributed by atoms with Gasteiger partial charge in [-0.15, -0.1) is 5.73 Å². The Balaban J connectivity index is 5.54. The molecule has 0 heterocycles. The standard InChI is InChI=1S/C12H19NO/c1-8-11(9(2)3)12(5,10(4)14)13(6)7/h1-2H2,3-7H3. The van der Waals surface area contributed by atoms with E-state index in [9.17, 15) is 4.79 Å². The average molecular weight is 193 g/mol. The number of ketones is 1. The predicted molar refractivity (Wildman–Crippen MR) is 60.2 cm³/mol. The van der Waals surface area contributed by atoms with E-state index in [2.05, 4.69) is 18.9 Å². The molecule has 0 aromatic rings. The zero-order chi connectivity index (χ0) is 11.5. The lowest BCUT2D eigenvalue weighted by Crippen LogP contribution is -2.49. The molecule has 2 nitrogen and oxygen atoms in total. The van der Waals surface area contributed by atoms with Crippen LogP contribution in [0.3, 0.4) is 0 Å². The van der Waals surface area contributed by atoms with Crippen LogP contribution < -0.4 is 0 Å². The fraction of sp³-hybridized carbons (Fsp3) is 0.500. The third kappa shape index (κ3) is 2.03. The van der Waals surface area contributed by atoms with E-state index >= 15 is 0 Å². The molecular formula is C12H19NO. The van der Waals surface area contributed by atoms with Crippen molar-refractivity contribution in [2.24, 2.45) is 0 Å². The Morgan fingerprint density at radius 2 is 1.79 bits per heavy atom. The highest BCUT2D eigenvalue weighted by atomic mass is 16.1. The summed E-state index contributed by atoms with van der Waals surface area (Å²) >= 11 is 0. The third-order valence-corrected chi connectivity index (χ3v) is 2.67. The monoisotopic (exact) mass is 193 g/mol. The van der Waals surface area contributed by atoms with Gasteiger partial charge in [0.25, 0.3) is 0 Å². The molecule has 0 rings (SSSR count). The van der Waals surface area contributed by atoms with Gasteiger partial charge in [-0.05, 0) is 40.4 Å². The van der Waals surface area contributed by atoms with Crippen LogP contribution in [0.4, 0.5) is 0 Å². The summed E-state index contributed by atoms with van der Waals surface area (Å²) in [5, 5.41) is 0. The second-order valence-corrected chi connectivity index (χ2v) is 3.85. The molecule has 0 bridgehead atoms. The van der Waals surface area contributed by atoms with Gasteiger partial charge in [0, 0.05) is 5.57 Å². The minimum Gasteiger partial charge on any atom is -0.298 e. The van der Waals surface area contributed by atoms with Crippen LogP contribution in [0.15, 0.2) is 30.0 Å². The number of hydrogen-bond acceptors (Lipinski definition) is 2. The third-order valence-electron chi connectivity index (χ3n) is 2.67. The van der Waals surface area contributed by atoms with E-state index in [-0.39, 0.29) is 5.78 Å². The van der Waals surface area contributed by atoms with Crippen molar-refractivity contribution in [1.82, 2.24) is 4.90 Å². The van der Waals surface area contributed by atoms with Gasteiger partial charge in [-0.3, -0.25) is 9.69 Å². The summed E-state index contributed by atoms with van der Waals surface area (Å²) < 4.78 is 0. The van der Waals surface area contributed by atoms with Gasteiger partial charge in [0.05, 0.1) is 0 Å². The van der Waals surface area contributed by atoms with Crippen molar-refractivity contribution in [3.8, 4) is 0 Å². The zero-order valence-corrected chi connectivity index (χ0v) is 9.77. The number of carbonyl (C=O) groups excluding carboxylic acids is 1. The Morgan fingerprint density at radius 1 is 1.36 bits per heavy atom. The highest BCUT2D eigenvalue weighted by Crippen LogP contribution is 2.27. The molecule has 0 fully saturated rings. The Labute approximate surface area is 86.6 Å². The normalized spacial score (nSPS) is 14.4. The van der Waals surface area contributed by atoms with Crippen LogP contribution in [0.25, 0.3) is 0 Å². The molecule has 0 aliphatic carbocycles. The average Bonchev–Trinajstić information content (AvgIpc) is 2.03. The smallest absolute Gasteiger partial charge is 0.154 e. The van der Waals surface area contributed by atoms with Crippen LogP contribution >= 0.6 is 0 Å². The lowest BCUT2D eigenvalue weighted by atomic mass is 9.83. The molecule has 0 aromatic carbocycles. The SMILES string of the molecule is C=C=C(C(=C)C)C(C)(C(C)=O)N(C)C. The zero-order valence-electron chi connectivity index (χ0n) is 9.77. The quantitative estimate of drug-likeness (QED) is 0.504. The number of nitrogens with zero attached hydrogens (tertiary/aromatic N) is 1. The molecule has 78 valence electrons. The topological polar surface area (TPSA) is 20.3 Å². The molecule has 0 radical (unpaired) electrons. The van der Waals surface area contributed by atoms with Crippen LogP contribution in [0, 0.1) is 0 Å². The summed E-state index contributed by atoms with van der Waals surface area (Å²) in [5.74, 6) is 0.0663. The van der Waals surface area contributed by atoms with E-state index in [4.69, 9.17) is 0 Å². The minimum absolute atomic E-state index is 0.0663. The molecule has 0 aliphatic heterocycles. The summed E-state index contributed by atoms with van der Waals surface area (Å²) in [7, 11) is 3.73. The molecule has 0 amide bonds. The lowest BCUT2D eigenvalue weighted by molar-refractivity contribution is -0.124. The molecule has 1 unspecified atom stereocenters. The molecule has 0 saturated carbocycles. The number of Topliss-reactive ketones (excluding diaryl/α,β-unsaturated/α-hetero) is 1. The predicted octanol–water partition coefficient (Wildman–Crippen LogP) is 2.18. The van der Waals surface area contributed by atoms with Crippen LogP contribution in [0.1, 0.15) is 20.8 Å². The van der Waals surface area contributed by atoms with Crippen molar-refractivity contribution in [1.29, 1.82) is 0 Å². The number of rotatable bonds is 4. The van der Waals surface area contributed by atoms with Gasteiger partial charge in [-0.1, -0.05) is 13.2 Å². The first-order chi connectivity index (χ1) is 6.28. The Kier molecular flexibility index (Phi) is 4.06. The molecular weight excluding hydrogens is 174 g/mol. The van der Waals surface area contributed by atoms with E-state index in [0.29, 0.717) is 0 Å². The first-order valence-corrected chi connectivity index (χ1v) is 4.53. The summed E-state index contributed by atoms with van der Waals surface area (Å²) in [4.78, 5) is 13.5. The second kappa shape index (κ2) is 4.41. The maximum Gasteiger partial charge on any atom is 0.154 e. The minimum atomic E-state index is -0.673. The molecule has 0 aromatic heterocycles. The first kappa shape index (κ1) is 12.9. The number of likely N-dealkylation sites (N-methyl/N-ethyl adjacent to an activating group) is 1. The van der Waals surface area contributed by atoms with Crippen LogP contribution in [-0.4, -0.2) is 30.3 Å². The highest BCUT2D eigenvalue weighted by molar-refractivity contribution is 5.90. The highest BCUT2D eigenvalue weighted by Gasteiger charge is 2.36. The summed E-state index contributed by atoms with van der Waals surface area (Å²) in [6.45, 7) is 12.7. The summed E-state index contributed by atoms with van der Waals surface area (Å²) in [6, 6.07) is 0. The van der Waals surface area contributed by atoms with Gasteiger partial charge < -0.3 is 0 Å². The maximum atomic E-state index is 11.6. The summed E-state index contributed by atoms with van der Waals surface area (Å²) in [6.07, 6.45) is 0. The van der Waals surface area contributed by atoms with E-state index in [1.165, 1.54) is 0 Å². The maximum absolute atomic E-state index is 11.6. The van der Waals surface area contributed by atoms with Crippen molar-refractivity contribution >= 4 is 5.78 Å². The molecule has 0 saturated heterocycles. The Bertz CT molecular complexity index is 308. The van der Waals surface area contributed by atoms with Crippen molar-refractivity contribution in [2.75, 3.05) is 14.1 Å². The molecule has 0 aliphatic rings. The summed E-state index contributed by atoms with van der Waals surface area (Å²) in [5.41, 5.74) is 3.72. The molecule has 0 N–H and O–H groups in total. The molecule has 0 spiro atoms. The number of hydrogen-bond donors (Lipinski definition) is 0. The van der Waals surface area contributed by atoms with E-state index in [1.807, 2.05) is 32.8 Å². The largest absolute Gasteiger partial charge is 0.298 e. The van der Waals surface area contributed by atoms with Gasteiger partial charge in [-0.25, -0.2) is 0 Å². The van der Waals surface area contributed by atoms with Crippen LogP contribution in [0.2, 0.25) is 0 Å². The second-order valence-electron chi connectivity index (χ2n) is 3.85. The fourth-order valence-electron chi connectivity index (χ4n) is 1.45. The molecule has 1 atom stereocenters. The van der Waals surface area contributed by atoms with Gasteiger partial charge in [0.15, 0.2) is 5.78 Å². The molecule has 14 heavy (non-hydrogen) atoms. The van der Waals surface area contributed by atoms with E-state index < -0.39 is 5.54 Å². The Hall–Kier alpha value is -1.11. The van der Waals surface area contributed by atoms with Crippen molar-refractivity contribution in [2.45, 2.75) is 26.3 Å². The van der Waals surface area contributed by atoms with Crippen molar-refractivity contribution in [3.05, 3.63) is 30.0 Å². The number of carbonyl (C=O) groups is 1. The van der Waals surface area contributed by atoms with Gasteiger partial charge in [-0.2, -0.15) is 0 Å². The van der Waals surface area contributed by atoms with Gasteiger partial charge >= 0.3 is 0 Å². The van der Waals surface area contributed by atoms with Gasteiger partial charge in [0.2, 0.25) is 0 Å². The molecule has 2 heteroatoms. The van der Waals surface area contributed by atoms with E-state index in [1.54, 1.807) is 6.92 Å². The van der Waals surface area contributed by atoms with Crippen LogP contribution in [0.5, 0.6) is 0 Å². The van der Waals surface area contributed by atoms with Crippen molar-refractivity contribution in [3.63, 3.8) is 0 Å². The Morgan fingerprint density at radius 3 is 1.86 bits per heavy atom. The lowest BCUT2D eigenvalue weighted by Gasteiger charge is -2.35. The first-order valence-electron chi connectivity index (χ1n) is 4.53. The van der Waals surface area contributed by atoms with Gasteiger partial charge in [0.1, 0.15) is 5.54 Å². The fourth-order valence-corrected chi connectivity index (χ4v) is 1.45. The van der Waals surface area contributed by atoms with Crippen molar-refractivity contribution < 1.29 is 4.79 Å².